The molecular formula is C17H24N2OS. The number of hydrogen-bond acceptors (Lipinski definition) is 4. The predicted octanol–water partition coefficient (Wildman–Crippen LogP) is 3.50. The van der Waals surface area contributed by atoms with Crippen molar-refractivity contribution in [1.82, 2.24) is 4.90 Å². The average molecular weight is 304 g/mol. The molecule has 1 aromatic heterocycles. The molecule has 0 radical (unpaired) electrons. The second kappa shape index (κ2) is 8.82. The van der Waals surface area contributed by atoms with Gasteiger partial charge in [0.25, 0.3) is 0 Å². The first-order valence-corrected chi connectivity index (χ1v) is 8.37. The molecule has 0 bridgehead atoms. The van der Waals surface area contributed by atoms with E-state index in [-0.39, 0.29) is 0 Å². The van der Waals surface area contributed by atoms with Crippen LogP contribution >= 0.6 is 11.3 Å². The van der Waals surface area contributed by atoms with E-state index in [1.807, 2.05) is 35.6 Å². The number of ether oxygens (including phenoxy) is 1. The molecule has 0 fully saturated rings. The number of hydrogen-bond donors (Lipinski definition) is 1. The highest BCUT2D eigenvalue weighted by molar-refractivity contribution is 7.09. The Kier molecular flexibility index (Phi) is 6.73. The summed E-state index contributed by atoms with van der Waals surface area (Å²) in [5.74, 6) is 0.918. The van der Waals surface area contributed by atoms with Gasteiger partial charge in [0.05, 0.1) is 6.61 Å². The molecule has 2 N–H and O–H groups in total. The van der Waals surface area contributed by atoms with Gasteiger partial charge >= 0.3 is 0 Å². The molecule has 0 aliphatic rings. The average Bonchev–Trinajstić information content (AvgIpc) is 3.03. The molecule has 0 atom stereocenters. The molecule has 0 aliphatic carbocycles. The molecule has 2 aromatic rings. The lowest BCUT2D eigenvalue weighted by atomic mass is 10.2. The van der Waals surface area contributed by atoms with E-state index in [1.165, 1.54) is 4.88 Å². The highest BCUT2D eigenvalue weighted by Crippen LogP contribution is 2.17. The van der Waals surface area contributed by atoms with E-state index < -0.39 is 0 Å². The van der Waals surface area contributed by atoms with Gasteiger partial charge in [-0.3, -0.25) is 4.90 Å². The Morgan fingerprint density at radius 3 is 2.76 bits per heavy atom. The van der Waals surface area contributed by atoms with Gasteiger partial charge in [-0.15, -0.1) is 11.3 Å². The minimum Gasteiger partial charge on any atom is -0.493 e. The molecule has 0 amide bonds. The Morgan fingerprint density at radius 1 is 1.19 bits per heavy atom. The first-order chi connectivity index (χ1) is 10.3. The maximum atomic E-state index is 5.85. The van der Waals surface area contributed by atoms with Crippen LogP contribution in [0.1, 0.15) is 23.8 Å². The Bertz CT molecular complexity index is 513. The van der Waals surface area contributed by atoms with Gasteiger partial charge in [0.2, 0.25) is 0 Å². The van der Waals surface area contributed by atoms with E-state index in [4.69, 9.17) is 10.5 Å². The summed E-state index contributed by atoms with van der Waals surface area (Å²) in [4.78, 5) is 3.87. The summed E-state index contributed by atoms with van der Waals surface area (Å²) in [6, 6.07) is 12.3. The number of nitrogens with two attached hydrogens (primary N) is 1. The topological polar surface area (TPSA) is 38.5 Å². The summed E-state index contributed by atoms with van der Waals surface area (Å²) < 4.78 is 5.85. The van der Waals surface area contributed by atoms with Crippen molar-refractivity contribution in [2.45, 2.75) is 26.4 Å². The minimum atomic E-state index is 0.523. The van der Waals surface area contributed by atoms with E-state index in [9.17, 15) is 0 Å². The van der Waals surface area contributed by atoms with E-state index >= 15 is 0 Å². The molecular weight excluding hydrogens is 280 g/mol. The molecule has 0 unspecified atom stereocenters. The fourth-order valence-corrected chi connectivity index (χ4v) is 3.00. The van der Waals surface area contributed by atoms with Gasteiger partial charge in [0.15, 0.2) is 0 Å². The number of rotatable bonds is 9. The number of thiophene rings is 1. The summed E-state index contributed by atoms with van der Waals surface area (Å²) >= 11 is 1.82. The van der Waals surface area contributed by atoms with Crippen LogP contribution in [-0.4, -0.2) is 24.6 Å². The van der Waals surface area contributed by atoms with Crippen LogP contribution in [0.2, 0.25) is 0 Å². The molecule has 0 spiro atoms. The van der Waals surface area contributed by atoms with Crippen molar-refractivity contribution in [1.29, 1.82) is 0 Å². The van der Waals surface area contributed by atoms with Crippen molar-refractivity contribution in [3.8, 4) is 5.75 Å². The molecule has 0 saturated heterocycles. The molecule has 2 rings (SSSR count). The van der Waals surface area contributed by atoms with Crippen molar-refractivity contribution in [2.24, 2.45) is 5.73 Å². The van der Waals surface area contributed by atoms with Gasteiger partial charge in [-0.2, -0.15) is 0 Å². The quantitative estimate of drug-likeness (QED) is 0.721. The lowest BCUT2D eigenvalue weighted by Crippen LogP contribution is -2.24. The molecule has 0 saturated carbocycles. The summed E-state index contributed by atoms with van der Waals surface area (Å²) in [5, 5.41) is 2.13. The van der Waals surface area contributed by atoms with E-state index in [1.54, 1.807) is 0 Å². The zero-order valence-corrected chi connectivity index (χ0v) is 13.4. The smallest absolute Gasteiger partial charge is 0.123 e. The largest absolute Gasteiger partial charge is 0.493 e. The number of benzene rings is 1. The van der Waals surface area contributed by atoms with Crippen molar-refractivity contribution in [2.75, 3.05) is 19.7 Å². The normalized spacial score (nSPS) is 11.0. The molecule has 0 aliphatic heterocycles. The van der Waals surface area contributed by atoms with Crippen molar-refractivity contribution < 1.29 is 4.74 Å². The van der Waals surface area contributed by atoms with Gasteiger partial charge < -0.3 is 10.5 Å². The fourth-order valence-electron chi connectivity index (χ4n) is 2.26. The Balaban J connectivity index is 1.73. The first-order valence-electron chi connectivity index (χ1n) is 7.49. The van der Waals surface area contributed by atoms with Crippen LogP contribution in [0.25, 0.3) is 0 Å². The van der Waals surface area contributed by atoms with E-state index in [2.05, 4.69) is 29.3 Å². The predicted molar refractivity (Wildman–Crippen MR) is 89.7 cm³/mol. The first kappa shape index (κ1) is 16.0. The monoisotopic (exact) mass is 304 g/mol. The van der Waals surface area contributed by atoms with Crippen LogP contribution in [0.15, 0.2) is 41.8 Å². The molecule has 114 valence electrons. The maximum absolute atomic E-state index is 5.85. The molecule has 3 nitrogen and oxygen atoms in total. The fraction of sp³-hybridized carbons (Fsp3) is 0.412. The zero-order chi connectivity index (χ0) is 14.9. The van der Waals surface area contributed by atoms with Crippen LogP contribution in [0.3, 0.4) is 0 Å². The van der Waals surface area contributed by atoms with E-state index in [0.29, 0.717) is 6.54 Å². The standard InChI is InChI=1S/C17H24N2OS/c1-2-19(14-16-8-5-12-21-16)10-6-11-20-17-9-4-3-7-15(17)13-18/h3-5,7-9,12H,2,6,10-11,13-14,18H2,1H3. The summed E-state index contributed by atoms with van der Waals surface area (Å²) in [5.41, 5.74) is 6.79. The highest BCUT2D eigenvalue weighted by atomic mass is 32.1. The zero-order valence-electron chi connectivity index (χ0n) is 12.6. The second-order valence-corrected chi connectivity index (χ2v) is 5.99. The van der Waals surface area contributed by atoms with Gasteiger partial charge in [-0.05, 0) is 30.5 Å². The van der Waals surface area contributed by atoms with Gasteiger partial charge in [0.1, 0.15) is 5.75 Å². The van der Waals surface area contributed by atoms with Crippen LogP contribution in [0.4, 0.5) is 0 Å². The summed E-state index contributed by atoms with van der Waals surface area (Å²) in [6.45, 7) is 6.62. The minimum absolute atomic E-state index is 0.523. The van der Waals surface area contributed by atoms with Crippen LogP contribution in [0, 0.1) is 0 Å². The van der Waals surface area contributed by atoms with Gasteiger partial charge in [0, 0.05) is 30.1 Å². The SMILES string of the molecule is CCN(CCCOc1ccccc1CN)Cc1cccs1. The molecule has 1 aromatic carbocycles. The highest BCUT2D eigenvalue weighted by Gasteiger charge is 2.05. The summed E-state index contributed by atoms with van der Waals surface area (Å²) in [6.07, 6.45) is 1.03. The summed E-state index contributed by atoms with van der Waals surface area (Å²) in [7, 11) is 0. The van der Waals surface area contributed by atoms with Crippen molar-refractivity contribution in [3.05, 3.63) is 52.2 Å². The maximum Gasteiger partial charge on any atom is 0.123 e. The Morgan fingerprint density at radius 2 is 2.05 bits per heavy atom. The Hall–Kier alpha value is -1.36. The second-order valence-electron chi connectivity index (χ2n) is 4.96. The van der Waals surface area contributed by atoms with Crippen LogP contribution in [0.5, 0.6) is 5.75 Å². The van der Waals surface area contributed by atoms with Gasteiger partial charge in [-0.1, -0.05) is 31.2 Å². The van der Waals surface area contributed by atoms with Gasteiger partial charge in [-0.25, -0.2) is 0 Å². The van der Waals surface area contributed by atoms with Crippen LogP contribution < -0.4 is 10.5 Å². The lowest BCUT2D eigenvalue weighted by molar-refractivity contribution is 0.236. The molecule has 21 heavy (non-hydrogen) atoms. The Labute approximate surface area is 131 Å². The third-order valence-corrected chi connectivity index (χ3v) is 4.34. The molecule has 4 heteroatoms. The molecule has 1 heterocycles. The number of para-hydroxylation sites is 1. The third kappa shape index (κ3) is 5.16. The van der Waals surface area contributed by atoms with Crippen molar-refractivity contribution >= 4 is 11.3 Å². The third-order valence-electron chi connectivity index (χ3n) is 3.48. The number of nitrogens with zero attached hydrogens (tertiary/aromatic N) is 1. The van der Waals surface area contributed by atoms with Crippen molar-refractivity contribution in [3.63, 3.8) is 0 Å². The van der Waals surface area contributed by atoms with Crippen LogP contribution in [-0.2, 0) is 13.1 Å². The van der Waals surface area contributed by atoms with E-state index in [0.717, 1.165) is 44.0 Å². The lowest BCUT2D eigenvalue weighted by Gasteiger charge is -2.19.